The average molecular weight is 464 g/mol. The van der Waals surface area contributed by atoms with E-state index in [1.165, 1.54) is 17.6 Å². The average Bonchev–Trinajstić information content (AvgIpc) is 2.86. The van der Waals surface area contributed by atoms with Crippen LogP contribution in [0.3, 0.4) is 0 Å². The minimum absolute atomic E-state index is 0.0758. The molecule has 182 valence electrons. The van der Waals surface area contributed by atoms with E-state index in [9.17, 15) is 9.90 Å². The third-order valence-electron chi connectivity index (χ3n) is 6.97. The molecule has 0 saturated heterocycles. The molecule has 4 rings (SSSR count). The van der Waals surface area contributed by atoms with Gasteiger partial charge in [0.1, 0.15) is 11.7 Å². The molecule has 0 spiro atoms. The van der Waals surface area contributed by atoms with Crippen molar-refractivity contribution in [3.8, 4) is 5.88 Å². The van der Waals surface area contributed by atoms with E-state index in [1.54, 1.807) is 4.90 Å². The molecule has 1 aliphatic heterocycles. The summed E-state index contributed by atoms with van der Waals surface area (Å²) in [4.78, 5) is 22.3. The van der Waals surface area contributed by atoms with Gasteiger partial charge >= 0.3 is 0 Å². The number of rotatable bonds is 7. The van der Waals surface area contributed by atoms with Crippen LogP contribution in [0.1, 0.15) is 61.0 Å². The van der Waals surface area contributed by atoms with Crippen molar-refractivity contribution in [1.82, 2.24) is 14.8 Å². The molecule has 34 heavy (non-hydrogen) atoms. The first-order valence-corrected chi connectivity index (χ1v) is 12.5. The predicted molar refractivity (Wildman–Crippen MR) is 135 cm³/mol. The maximum absolute atomic E-state index is 13.6. The highest BCUT2D eigenvalue weighted by Gasteiger charge is 2.34. The molecule has 1 amide bonds. The van der Waals surface area contributed by atoms with Gasteiger partial charge in [-0.2, -0.15) is 0 Å². The van der Waals surface area contributed by atoms with Gasteiger partial charge in [-0.15, -0.1) is 0 Å². The second-order valence-electron chi connectivity index (χ2n) is 9.86. The van der Waals surface area contributed by atoms with Crippen LogP contribution < -0.4 is 4.74 Å². The predicted octanol–water partition coefficient (Wildman–Crippen LogP) is 4.39. The Morgan fingerprint density at radius 2 is 2.06 bits per heavy atom. The van der Waals surface area contributed by atoms with Crippen molar-refractivity contribution in [3.05, 3.63) is 65.4 Å². The Morgan fingerprint density at radius 1 is 1.26 bits per heavy atom. The van der Waals surface area contributed by atoms with E-state index < -0.39 is 0 Å². The largest absolute Gasteiger partial charge is 0.472 e. The molecule has 0 bridgehead atoms. The number of hydrogen-bond donors (Lipinski definition) is 1. The van der Waals surface area contributed by atoms with Crippen molar-refractivity contribution in [3.63, 3.8) is 0 Å². The molecule has 0 fully saturated rings. The van der Waals surface area contributed by atoms with Gasteiger partial charge in [0.15, 0.2) is 0 Å². The van der Waals surface area contributed by atoms with E-state index in [0.29, 0.717) is 24.5 Å². The number of ether oxygens (including phenoxy) is 1. The van der Waals surface area contributed by atoms with E-state index in [0.717, 1.165) is 31.4 Å². The van der Waals surface area contributed by atoms with Crippen LogP contribution in [0.4, 0.5) is 0 Å². The quantitative estimate of drug-likeness (QED) is 0.660. The van der Waals surface area contributed by atoms with Crippen molar-refractivity contribution >= 4 is 11.5 Å². The van der Waals surface area contributed by atoms with Gasteiger partial charge < -0.3 is 14.7 Å². The maximum atomic E-state index is 13.6. The second kappa shape index (κ2) is 11.2. The van der Waals surface area contributed by atoms with E-state index in [4.69, 9.17) is 4.74 Å². The normalized spacial score (nSPS) is 21.9. The van der Waals surface area contributed by atoms with Crippen LogP contribution in [0, 0.1) is 5.92 Å². The summed E-state index contributed by atoms with van der Waals surface area (Å²) in [6.07, 6.45) is 8.42. The fraction of sp³-hybridized carbons (Fsp3) is 0.500. The van der Waals surface area contributed by atoms with Crippen molar-refractivity contribution in [2.45, 2.75) is 58.2 Å². The molecule has 1 aliphatic carbocycles. The molecule has 0 unspecified atom stereocenters. The van der Waals surface area contributed by atoms with Crippen molar-refractivity contribution in [1.29, 1.82) is 0 Å². The number of aliphatic hydroxyl groups is 1. The highest BCUT2D eigenvalue weighted by molar-refractivity contribution is 5.97. The molecule has 0 saturated carbocycles. The smallest absolute Gasteiger partial charge is 0.259 e. The Bertz CT molecular complexity index is 1010. The van der Waals surface area contributed by atoms with Crippen LogP contribution in [0.5, 0.6) is 5.88 Å². The molecule has 0 radical (unpaired) electrons. The molecule has 1 aromatic heterocycles. The van der Waals surface area contributed by atoms with Crippen LogP contribution in [0.2, 0.25) is 0 Å². The highest BCUT2D eigenvalue weighted by atomic mass is 16.5. The third-order valence-corrected chi connectivity index (χ3v) is 6.97. The molecule has 6 nitrogen and oxygen atoms in total. The lowest BCUT2D eigenvalue weighted by atomic mass is 9.93. The second-order valence-corrected chi connectivity index (χ2v) is 9.86. The first-order valence-electron chi connectivity index (χ1n) is 12.5. The number of likely N-dealkylation sites (N-methyl/N-ethyl adjacent to an activating group) is 1. The van der Waals surface area contributed by atoms with Crippen LogP contribution in [-0.2, 0) is 6.54 Å². The zero-order valence-corrected chi connectivity index (χ0v) is 20.6. The van der Waals surface area contributed by atoms with Crippen molar-refractivity contribution in [2.24, 2.45) is 5.92 Å². The summed E-state index contributed by atoms with van der Waals surface area (Å²) in [6.45, 7) is 5.97. The number of carbonyl (C=O) groups excluding carboxylic acids is 1. The lowest BCUT2D eigenvalue weighted by Gasteiger charge is -2.37. The third kappa shape index (κ3) is 5.68. The Balaban J connectivity index is 1.63. The minimum Gasteiger partial charge on any atom is -0.472 e. The number of nitrogens with zero attached hydrogens (tertiary/aromatic N) is 3. The van der Waals surface area contributed by atoms with E-state index >= 15 is 0 Å². The van der Waals surface area contributed by atoms with Gasteiger partial charge in [-0.25, -0.2) is 4.98 Å². The van der Waals surface area contributed by atoms with E-state index in [-0.39, 0.29) is 30.6 Å². The SMILES string of the molecule is C[C@@H]1CN([C@H](C)CO)C(=O)c2cc(C3=CCCCC3)cnc2O[C@H]1CN(C)Cc1ccccc1. The lowest BCUT2D eigenvalue weighted by molar-refractivity contribution is 0.0325. The summed E-state index contributed by atoms with van der Waals surface area (Å²) in [7, 11) is 2.09. The van der Waals surface area contributed by atoms with Crippen LogP contribution >= 0.6 is 0 Å². The summed E-state index contributed by atoms with van der Waals surface area (Å²) in [5.41, 5.74) is 3.99. The fourth-order valence-electron chi connectivity index (χ4n) is 4.86. The molecular formula is C28H37N3O3. The van der Waals surface area contributed by atoms with E-state index in [2.05, 4.69) is 54.2 Å². The summed E-state index contributed by atoms with van der Waals surface area (Å²) in [5, 5.41) is 9.88. The lowest BCUT2D eigenvalue weighted by Crippen LogP contribution is -2.49. The van der Waals surface area contributed by atoms with Crippen LogP contribution in [-0.4, -0.2) is 64.7 Å². The first kappa shape index (κ1) is 24.4. The summed E-state index contributed by atoms with van der Waals surface area (Å²) >= 11 is 0. The Morgan fingerprint density at radius 3 is 2.76 bits per heavy atom. The number of aliphatic hydroxyl groups excluding tert-OH is 1. The number of pyridine rings is 1. The Labute approximate surface area is 203 Å². The summed E-state index contributed by atoms with van der Waals surface area (Å²) in [6, 6.07) is 12.0. The number of hydrogen-bond acceptors (Lipinski definition) is 5. The molecule has 2 heterocycles. The molecule has 2 aliphatic rings. The maximum Gasteiger partial charge on any atom is 0.259 e. The molecule has 2 aromatic rings. The fourth-order valence-corrected chi connectivity index (χ4v) is 4.86. The zero-order valence-electron chi connectivity index (χ0n) is 20.6. The zero-order chi connectivity index (χ0) is 24.1. The Hall–Kier alpha value is -2.70. The monoisotopic (exact) mass is 463 g/mol. The minimum atomic E-state index is -0.277. The topological polar surface area (TPSA) is 65.9 Å². The Kier molecular flexibility index (Phi) is 8.01. The van der Waals surface area contributed by atoms with Gasteiger partial charge in [-0.1, -0.05) is 43.3 Å². The van der Waals surface area contributed by atoms with Gasteiger partial charge in [0, 0.05) is 31.7 Å². The van der Waals surface area contributed by atoms with Crippen LogP contribution in [0.25, 0.3) is 5.57 Å². The number of benzene rings is 1. The summed E-state index contributed by atoms with van der Waals surface area (Å²) in [5.74, 6) is 0.349. The standard InChI is InChI=1S/C28H37N3O3/c1-20-16-31(21(2)19-32)28(33)25-14-24(23-12-8-5-9-13-23)15-29-27(25)34-26(20)18-30(3)17-22-10-6-4-7-11-22/h4,6-7,10-12,14-15,20-21,26,32H,5,8-9,13,16-19H2,1-3H3/t20-,21-,26+/m1/s1. The molecule has 3 atom stereocenters. The number of allylic oxidation sites excluding steroid dienone is 2. The first-order chi connectivity index (χ1) is 16.5. The molecule has 1 N–H and O–H groups in total. The van der Waals surface area contributed by atoms with Gasteiger partial charge in [0.05, 0.1) is 12.6 Å². The number of amides is 1. The van der Waals surface area contributed by atoms with Crippen molar-refractivity contribution in [2.75, 3.05) is 26.7 Å². The van der Waals surface area contributed by atoms with Gasteiger partial charge in [-0.05, 0) is 62.4 Å². The van der Waals surface area contributed by atoms with Gasteiger partial charge in [-0.3, -0.25) is 9.69 Å². The number of carbonyl (C=O) groups is 1. The molecular weight excluding hydrogens is 426 g/mol. The van der Waals surface area contributed by atoms with Gasteiger partial charge in [0.25, 0.3) is 5.91 Å². The number of fused-ring (bicyclic) bond motifs is 1. The summed E-state index contributed by atoms with van der Waals surface area (Å²) < 4.78 is 6.45. The molecule has 1 aromatic carbocycles. The highest BCUT2D eigenvalue weighted by Crippen LogP contribution is 2.32. The van der Waals surface area contributed by atoms with E-state index in [1.807, 2.05) is 25.3 Å². The number of aromatic nitrogens is 1. The molecule has 6 heteroatoms. The van der Waals surface area contributed by atoms with Crippen molar-refractivity contribution < 1.29 is 14.6 Å². The van der Waals surface area contributed by atoms with Gasteiger partial charge in [0.2, 0.25) is 5.88 Å². The van der Waals surface area contributed by atoms with Crippen LogP contribution in [0.15, 0.2) is 48.7 Å².